The van der Waals surface area contributed by atoms with Crippen LogP contribution >= 0.6 is 0 Å². The van der Waals surface area contributed by atoms with Gasteiger partial charge in [0.1, 0.15) is 17.7 Å². The number of methoxy groups -OCH3 is 1. The summed E-state index contributed by atoms with van der Waals surface area (Å²) in [6, 6.07) is 0. The number of nitrogens with zero attached hydrogens (tertiary/aromatic N) is 6. The summed E-state index contributed by atoms with van der Waals surface area (Å²) in [5.41, 5.74) is 6.58. The van der Waals surface area contributed by atoms with Gasteiger partial charge in [0.2, 0.25) is 0 Å². The van der Waals surface area contributed by atoms with Crippen molar-refractivity contribution in [1.29, 1.82) is 0 Å². The average Bonchev–Trinajstić information content (AvgIpc) is 3.33. The Morgan fingerprint density at radius 1 is 1.31 bits per heavy atom. The van der Waals surface area contributed by atoms with Crippen molar-refractivity contribution in [3.05, 3.63) is 41.4 Å². The van der Waals surface area contributed by atoms with E-state index in [1.807, 2.05) is 11.7 Å². The Morgan fingerprint density at radius 2 is 2.19 bits per heavy atom. The molecule has 0 spiro atoms. The first-order valence-corrected chi connectivity index (χ1v) is 8.83. The monoisotopic (exact) mass is 356 g/mol. The first-order chi connectivity index (χ1) is 12.7. The van der Waals surface area contributed by atoms with Crippen molar-refractivity contribution >= 4 is 0 Å². The zero-order valence-corrected chi connectivity index (χ0v) is 15.5. The molecule has 4 rings (SSSR count). The molecule has 0 amide bonds. The summed E-state index contributed by atoms with van der Waals surface area (Å²) in [4.78, 5) is 6.75. The van der Waals surface area contributed by atoms with Crippen molar-refractivity contribution in [3.63, 3.8) is 0 Å². The number of aromatic nitrogens is 5. The van der Waals surface area contributed by atoms with Gasteiger partial charge in [0.25, 0.3) is 0 Å². The lowest BCUT2D eigenvalue weighted by molar-refractivity contribution is 0.180. The van der Waals surface area contributed by atoms with E-state index >= 15 is 0 Å². The topological polar surface area (TPSA) is 74.1 Å². The number of oxazole rings is 1. The zero-order valence-electron chi connectivity index (χ0n) is 15.5. The Balaban J connectivity index is 1.62. The number of rotatable bonds is 6. The van der Waals surface area contributed by atoms with Gasteiger partial charge in [-0.15, -0.1) is 0 Å². The van der Waals surface area contributed by atoms with Crippen LogP contribution in [-0.4, -0.2) is 49.7 Å². The third-order valence-electron chi connectivity index (χ3n) is 4.90. The second-order valence-electron chi connectivity index (χ2n) is 6.74. The van der Waals surface area contributed by atoms with E-state index in [0.717, 1.165) is 49.7 Å². The molecule has 3 aromatic rings. The van der Waals surface area contributed by atoms with Crippen molar-refractivity contribution in [1.82, 2.24) is 29.4 Å². The molecule has 138 valence electrons. The summed E-state index contributed by atoms with van der Waals surface area (Å²) in [7, 11) is 3.68. The van der Waals surface area contributed by atoms with E-state index in [1.54, 1.807) is 13.4 Å². The first-order valence-electron chi connectivity index (χ1n) is 8.83. The van der Waals surface area contributed by atoms with Gasteiger partial charge in [0.05, 0.1) is 18.8 Å². The van der Waals surface area contributed by atoms with Crippen LogP contribution in [0.2, 0.25) is 0 Å². The Bertz CT molecular complexity index is 880. The molecular weight excluding hydrogens is 332 g/mol. The lowest BCUT2D eigenvalue weighted by Gasteiger charge is -2.27. The molecule has 0 aliphatic carbocycles. The number of ether oxygens (including phenoxy) is 1. The molecule has 0 atom stereocenters. The molecule has 1 aliphatic rings. The highest BCUT2D eigenvalue weighted by atomic mass is 16.5. The quantitative estimate of drug-likeness (QED) is 0.670. The van der Waals surface area contributed by atoms with Gasteiger partial charge in [0.15, 0.2) is 6.39 Å². The molecule has 0 N–H and O–H groups in total. The molecule has 0 radical (unpaired) electrons. The smallest absolute Gasteiger partial charge is 0.181 e. The summed E-state index contributed by atoms with van der Waals surface area (Å²) in [6.07, 6.45) is 6.18. The van der Waals surface area contributed by atoms with E-state index in [9.17, 15) is 0 Å². The van der Waals surface area contributed by atoms with Crippen LogP contribution in [0, 0.1) is 6.92 Å². The van der Waals surface area contributed by atoms with Crippen molar-refractivity contribution in [3.8, 4) is 11.4 Å². The maximum Gasteiger partial charge on any atom is 0.181 e. The Kier molecular flexibility index (Phi) is 4.60. The third kappa shape index (κ3) is 3.17. The van der Waals surface area contributed by atoms with E-state index in [4.69, 9.17) is 14.3 Å². The fourth-order valence-electron chi connectivity index (χ4n) is 3.62. The first kappa shape index (κ1) is 17.0. The van der Waals surface area contributed by atoms with Gasteiger partial charge in [-0.3, -0.25) is 14.3 Å². The Morgan fingerprint density at radius 3 is 2.88 bits per heavy atom. The van der Waals surface area contributed by atoms with E-state index in [2.05, 4.69) is 32.8 Å². The molecule has 0 bridgehead atoms. The maximum atomic E-state index is 5.24. The molecule has 0 saturated heterocycles. The van der Waals surface area contributed by atoms with Crippen molar-refractivity contribution in [2.24, 2.45) is 7.05 Å². The number of hydrogen-bond donors (Lipinski definition) is 0. The highest BCUT2D eigenvalue weighted by molar-refractivity contribution is 5.59. The highest BCUT2D eigenvalue weighted by Crippen LogP contribution is 2.30. The minimum absolute atomic E-state index is 0.644. The summed E-state index contributed by atoms with van der Waals surface area (Å²) < 4.78 is 14.4. The van der Waals surface area contributed by atoms with Gasteiger partial charge in [-0.05, 0) is 6.92 Å². The van der Waals surface area contributed by atoms with Crippen molar-refractivity contribution in [2.75, 3.05) is 20.3 Å². The highest BCUT2D eigenvalue weighted by Gasteiger charge is 2.27. The summed E-state index contributed by atoms with van der Waals surface area (Å²) in [6.45, 7) is 6.19. The maximum absolute atomic E-state index is 5.24. The normalized spacial score (nSPS) is 14.7. The summed E-state index contributed by atoms with van der Waals surface area (Å²) >= 11 is 0. The van der Waals surface area contributed by atoms with Crippen LogP contribution in [0.5, 0.6) is 0 Å². The molecule has 8 heteroatoms. The predicted octanol–water partition coefficient (Wildman–Crippen LogP) is 1.78. The van der Waals surface area contributed by atoms with Gasteiger partial charge in [-0.2, -0.15) is 10.2 Å². The minimum Gasteiger partial charge on any atom is -0.451 e. The van der Waals surface area contributed by atoms with Crippen LogP contribution in [-0.2, 0) is 37.8 Å². The zero-order chi connectivity index (χ0) is 18.1. The Labute approximate surface area is 152 Å². The molecule has 0 unspecified atom stereocenters. The molecule has 0 fully saturated rings. The standard InChI is InChI=1S/C18H24N6O2/c1-13-14(8-22(2)20-13)9-23-5-4-17-15(10-23)18(16-11-26-12-19-16)21-24(17)6-7-25-3/h8,11-12H,4-7,9-10H2,1-3H3. The summed E-state index contributed by atoms with van der Waals surface area (Å²) in [5.74, 6) is 0. The van der Waals surface area contributed by atoms with E-state index in [1.165, 1.54) is 23.2 Å². The number of aryl methyl sites for hydroxylation is 2. The second kappa shape index (κ2) is 7.05. The minimum atomic E-state index is 0.644. The summed E-state index contributed by atoms with van der Waals surface area (Å²) in [5, 5.41) is 9.26. The molecule has 8 nitrogen and oxygen atoms in total. The van der Waals surface area contributed by atoms with Crippen molar-refractivity contribution in [2.45, 2.75) is 33.0 Å². The largest absolute Gasteiger partial charge is 0.451 e. The van der Waals surface area contributed by atoms with Crippen LogP contribution in [0.1, 0.15) is 22.5 Å². The molecular formula is C18H24N6O2. The lowest BCUT2D eigenvalue weighted by Crippen LogP contribution is -2.31. The van der Waals surface area contributed by atoms with Crippen LogP contribution < -0.4 is 0 Å². The van der Waals surface area contributed by atoms with Crippen molar-refractivity contribution < 1.29 is 9.15 Å². The lowest BCUT2D eigenvalue weighted by atomic mass is 10.0. The van der Waals surface area contributed by atoms with E-state index in [-0.39, 0.29) is 0 Å². The fraction of sp³-hybridized carbons (Fsp3) is 0.500. The van der Waals surface area contributed by atoms with E-state index < -0.39 is 0 Å². The van der Waals surface area contributed by atoms with Gasteiger partial charge in [-0.1, -0.05) is 0 Å². The van der Waals surface area contributed by atoms with Crippen LogP contribution in [0.3, 0.4) is 0 Å². The van der Waals surface area contributed by atoms with Crippen LogP contribution in [0.25, 0.3) is 11.4 Å². The molecule has 0 aromatic carbocycles. The average molecular weight is 356 g/mol. The van der Waals surface area contributed by atoms with Gasteiger partial charge >= 0.3 is 0 Å². The second-order valence-corrected chi connectivity index (χ2v) is 6.74. The van der Waals surface area contributed by atoms with Gasteiger partial charge in [0, 0.05) is 63.2 Å². The SMILES string of the molecule is COCCn1nc(-c2cocn2)c2c1CCN(Cc1cn(C)nc1C)C2. The number of fused-ring (bicyclic) bond motifs is 1. The Hall–Kier alpha value is -2.45. The molecule has 1 aliphatic heterocycles. The molecule has 4 heterocycles. The van der Waals surface area contributed by atoms with Gasteiger partial charge in [-0.25, -0.2) is 4.98 Å². The van der Waals surface area contributed by atoms with Crippen LogP contribution in [0.15, 0.2) is 23.3 Å². The molecule has 3 aromatic heterocycles. The van der Waals surface area contributed by atoms with E-state index in [0.29, 0.717) is 6.61 Å². The van der Waals surface area contributed by atoms with Gasteiger partial charge < -0.3 is 9.15 Å². The number of hydrogen-bond acceptors (Lipinski definition) is 6. The predicted molar refractivity (Wildman–Crippen MR) is 95.4 cm³/mol. The molecule has 26 heavy (non-hydrogen) atoms. The third-order valence-corrected chi connectivity index (χ3v) is 4.90. The molecule has 0 saturated carbocycles. The fourth-order valence-corrected chi connectivity index (χ4v) is 3.62. The van der Waals surface area contributed by atoms with Crippen LogP contribution in [0.4, 0.5) is 0 Å².